The average Bonchev–Trinajstić information content (AvgIpc) is 2.45. The Bertz CT molecular complexity index is 630. The van der Waals surface area contributed by atoms with Gasteiger partial charge in [-0.25, -0.2) is 12.8 Å². The van der Waals surface area contributed by atoms with Crippen LogP contribution < -0.4 is 0 Å². The molecule has 0 heterocycles. The van der Waals surface area contributed by atoms with E-state index in [2.05, 4.69) is 0 Å². The van der Waals surface area contributed by atoms with Gasteiger partial charge < -0.3 is 4.90 Å². The van der Waals surface area contributed by atoms with E-state index < -0.39 is 20.9 Å². The van der Waals surface area contributed by atoms with Gasteiger partial charge in [-0.15, -0.1) is 0 Å². The van der Waals surface area contributed by atoms with Crippen LogP contribution in [0.4, 0.5) is 4.39 Å². The predicted molar refractivity (Wildman–Crippen MR) is 79.4 cm³/mol. The van der Waals surface area contributed by atoms with Gasteiger partial charge in [-0.1, -0.05) is 18.9 Å². The van der Waals surface area contributed by atoms with Crippen LogP contribution >= 0.6 is 0 Å². The summed E-state index contributed by atoms with van der Waals surface area (Å²) in [4.78, 5) is 13.9. The molecule has 1 fully saturated rings. The van der Waals surface area contributed by atoms with Gasteiger partial charge in [-0.2, -0.15) is 0 Å². The van der Waals surface area contributed by atoms with Crippen molar-refractivity contribution in [2.24, 2.45) is 0 Å². The van der Waals surface area contributed by atoms with Crippen molar-refractivity contribution in [1.82, 2.24) is 4.90 Å². The van der Waals surface area contributed by atoms with Gasteiger partial charge in [0.25, 0.3) is 5.91 Å². The lowest BCUT2D eigenvalue weighted by atomic mass is 9.93. The topological polar surface area (TPSA) is 54.5 Å². The summed E-state index contributed by atoms with van der Waals surface area (Å²) < 4.78 is 37.1. The van der Waals surface area contributed by atoms with Crippen LogP contribution in [0.1, 0.15) is 36.0 Å². The maximum absolute atomic E-state index is 13.2. The fourth-order valence-corrected chi connectivity index (χ4v) is 4.48. The Hall–Kier alpha value is -1.43. The minimum atomic E-state index is -3.21. The quantitative estimate of drug-likeness (QED) is 0.860. The first-order valence-electron chi connectivity index (χ1n) is 7.02. The molecule has 0 N–H and O–H groups in total. The molecule has 6 heteroatoms. The monoisotopic (exact) mass is 313 g/mol. The van der Waals surface area contributed by atoms with Crippen molar-refractivity contribution >= 4 is 15.7 Å². The second-order valence-corrected chi connectivity index (χ2v) is 7.91. The molecular weight excluding hydrogens is 293 g/mol. The highest BCUT2D eigenvalue weighted by atomic mass is 32.2. The summed E-state index contributed by atoms with van der Waals surface area (Å²) in [7, 11) is -1.61. The molecular formula is C15H20FNO3S. The largest absolute Gasteiger partial charge is 0.337 e. The molecule has 21 heavy (non-hydrogen) atoms. The van der Waals surface area contributed by atoms with Gasteiger partial charge in [0, 0.05) is 24.9 Å². The number of hydrogen-bond donors (Lipinski definition) is 0. The standard InChI is InChI=1S/C15H20FNO3S/c1-17(15(18)11-6-5-7-12(16)10-11)13-8-3-4-9-14(13)21(2,19)20/h5-7,10,13-14H,3-4,8-9H2,1-2H3/t13-,14-/m0/s1. The third-order valence-corrected chi connectivity index (χ3v) is 5.76. The van der Waals surface area contributed by atoms with E-state index in [1.54, 1.807) is 13.1 Å². The smallest absolute Gasteiger partial charge is 0.253 e. The number of carbonyl (C=O) groups is 1. The average molecular weight is 313 g/mol. The van der Waals surface area contributed by atoms with Crippen molar-refractivity contribution < 1.29 is 17.6 Å². The van der Waals surface area contributed by atoms with Gasteiger partial charge in [0.1, 0.15) is 5.82 Å². The van der Waals surface area contributed by atoms with Crippen molar-refractivity contribution in [2.75, 3.05) is 13.3 Å². The minimum absolute atomic E-state index is 0.246. The van der Waals surface area contributed by atoms with Gasteiger partial charge in [0.2, 0.25) is 0 Å². The van der Waals surface area contributed by atoms with Gasteiger partial charge in [0.05, 0.1) is 5.25 Å². The molecule has 0 spiro atoms. The summed E-state index contributed by atoms with van der Waals surface area (Å²) >= 11 is 0. The van der Waals surface area contributed by atoms with Crippen molar-refractivity contribution in [2.45, 2.75) is 37.0 Å². The molecule has 2 atom stereocenters. The van der Waals surface area contributed by atoms with Crippen molar-refractivity contribution in [3.63, 3.8) is 0 Å². The summed E-state index contributed by atoms with van der Waals surface area (Å²) in [6, 6.07) is 5.13. The zero-order valence-corrected chi connectivity index (χ0v) is 13.1. The number of sulfone groups is 1. The van der Waals surface area contributed by atoms with Gasteiger partial charge in [-0.05, 0) is 31.0 Å². The Morgan fingerprint density at radius 3 is 2.57 bits per heavy atom. The normalized spacial score (nSPS) is 22.8. The number of benzene rings is 1. The summed E-state index contributed by atoms with van der Waals surface area (Å²) in [6.07, 6.45) is 4.21. The van der Waals surface area contributed by atoms with Crippen LogP contribution in [0.25, 0.3) is 0 Å². The first-order valence-corrected chi connectivity index (χ1v) is 8.98. The molecule has 0 unspecified atom stereocenters. The van der Waals surface area contributed by atoms with Gasteiger partial charge in [0.15, 0.2) is 9.84 Å². The fraction of sp³-hybridized carbons (Fsp3) is 0.533. The Balaban J connectivity index is 2.25. The molecule has 1 aliphatic carbocycles. The molecule has 4 nitrogen and oxygen atoms in total. The molecule has 116 valence electrons. The summed E-state index contributed by atoms with van der Waals surface area (Å²) in [5, 5.41) is -0.534. The highest BCUT2D eigenvalue weighted by molar-refractivity contribution is 7.91. The summed E-state index contributed by atoms with van der Waals surface area (Å²) in [5.74, 6) is -0.812. The van der Waals surface area contributed by atoms with E-state index in [1.165, 1.54) is 29.4 Å². The molecule has 0 saturated heterocycles. The zero-order valence-electron chi connectivity index (χ0n) is 12.3. The van der Waals surface area contributed by atoms with E-state index in [4.69, 9.17) is 0 Å². The predicted octanol–water partition coefficient (Wildman–Crippen LogP) is 2.25. The Morgan fingerprint density at radius 1 is 1.29 bits per heavy atom. The summed E-state index contributed by atoms with van der Waals surface area (Å²) in [6.45, 7) is 0. The van der Waals surface area contributed by atoms with E-state index in [9.17, 15) is 17.6 Å². The van der Waals surface area contributed by atoms with Crippen LogP contribution in [0.2, 0.25) is 0 Å². The van der Waals surface area contributed by atoms with Crippen molar-refractivity contribution in [3.8, 4) is 0 Å². The van der Waals surface area contributed by atoms with E-state index in [-0.39, 0.29) is 17.5 Å². The molecule has 0 radical (unpaired) electrons. The molecule has 1 aromatic carbocycles. The highest BCUT2D eigenvalue weighted by Crippen LogP contribution is 2.28. The summed E-state index contributed by atoms with van der Waals surface area (Å²) in [5.41, 5.74) is 0.246. The van der Waals surface area contributed by atoms with Crippen LogP contribution in [0.5, 0.6) is 0 Å². The van der Waals surface area contributed by atoms with Crippen LogP contribution in [0, 0.1) is 5.82 Å². The second kappa shape index (κ2) is 6.13. The molecule has 0 aromatic heterocycles. The Morgan fingerprint density at radius 2 is 1.95 bits per heavy atom. The third-order valence-electron chi connectivity index (χ3n) is 4.11. The van der Waals surface area contributed by atoms with E-state index in [1.807, 2.05) is 0 Å². The second-order valence-electron chi connectivity index (χ2n) is 5.65. The van der Waals surface area contributed by atoms with E-state index in [0.29, 0.717) is 12.8 Å². The molecule has 1 aromatic rings. The first-order chi connectivity index (χ1) is 9.80. The number of amides is 1. The van der Waals surface area contributed by atoms with Crippen molar-refractivity contribution in [1.29, 1.82) is 0 Å². The molecule has 1 amide bonds. The molecule has 0 aliphatic heterocycles. The number of rotatable bonds is 3. The Kier molecular flexibility index (Phi) is 4.66. The number of carbonyl (C=O) groups excluding carboxylic acids is 1. The highest BCUT2D eigenvalue weighted by Gasteiger charge is 2.37. The molecule has 1 aliphatic rings. The number of nitrogens with zero attached hydrogens (tertiary/aromatic N) is 1. The lowest BCUT2D eigenvalue weighted by molar-refractivity contribution is 0.0700. The molecule has 0 bridgehead atoms. The zero-order chi connectivity index (χ0) is 15.6. The molecule has 2 rings (SSSR count). The van der Waals surface area contributed by atoms with Crippen LogP contribution in [-0.4, -0.2) is 43.8 Å². The fourth-order valence-electron chi connectivity index (χ4n) is 3.00. The SMILES string of the molecule is CN(C(=O)c1cccc(F)c1)[C@H]1CCCC[C@@H]1S(C)(=O)=O. The van der Waals surface area contributed by atoms with E-state index >= 15 is 0 Å². The number of halogens is 1. The van der Waals surface area contributed by atoms with Crippen LogP contribution in [0.15, 0.2) is 24.3 Å². The van der Waals surface area contributed by atoms with Crippen molar-refractivity contribution in [3.05, 3.63) is 35.6 Å². The number of hydrogen-bond acceptors (Lipinski definition) is 3. The first kappa shape index (κ1) is 15.9. The lowest BCUT2D eigenvalue weighted by Crippen LogP contribution is -2.49. The van der Waals surface area contributed by atoms with Crippen LogP contribution in [0.3, 0.4) is 0 Å². The van der Waals surface area contributed by atoms with E-state index in [0.717, 1.165) is 12.8 Å². The Labute approximate surface area is 124 Å². The third kappa shape index (κ3) is 3.61. The molecule has 1 saturated carbocycles. The minimum Gasteiger partial charge on any atom is -0.337 e. The van der Waals surface area contributed by atoms with Gasteiger partial charge >= 0.3 is 0 Å². The van der Waals surface area contributed by atoms with Crippen LogP contribution in [-0.2, 0) is 9.84 Å². The van der Waals surface area contributed by atoms with Gasteiger partial charge in [-0.3, -0.25) is 4.79 Å². The lowest BCUT2D eigenvalue weighted by Gasteiger charge is -2.37. The maximum Gasteiger partial charge on any atom is 0.253 e. The maximum atomic E-state index is 13.2.